The van der Waals surface area contributed by atoms with E-state index in [0.717, 1.165) is 0 Å². The molecule has 1 heteroatoms. The van der Waals surface area contributed by atoms with Crippen LogP contribution in [0.3, 0.4) is 0 Å². The monoisotopic (exact) mass is 789 g/mol. The van der Waals surface area contributed by atoms with Crippen molar-refractivity contribution in [2.45, 2.75) is 209 Å². The SMILES string of the molecule is CCCCc1c[c-](CCCC)c(CCCC)c1CCCC.CCCCc1c[c-](CCCC)c(CCCC)c1CCCC.[CH3-].[CH3-].[Hf+4]. The Hall–Kier alpha value is -0.430. The quantitative estimate of drug-likeness (QED) is 0.0734. The van der Waals surface area contributed by atoms with Crippen LogP contribution in [-0.2, 0) is 77.2 Å². The molecule has 0 spiro atoms. The van der Waals surface area contributed by atoms with Crippen LogP contribution >= 0.6 is 0 Å². The van der Waals surface area contributed by atoms with E-state index >= 15 is 0 Å². The van der Waals surface area contributed by atoms with Crippen molar-refractivity contribution < 1.29 is 25.8 Å². The van der Waals surface area contributed by atoms with Crippen LogP contribution in [0.1, 0.15) is 203 Å². The second-order valence-corrected chi connectivity index (χ2v) is 13.1. The molecule has 0 aliphatic rings. The molecule has 2 aromatic carbocycles. The van der Waals surface area contributed by atoms with Crippen molar-refractivity contribution in [3.63, 3.8) is 0 Å². The van der Waals surface area contributed by atoms with Crippen LogP contribution in [0.25, 0.3) is 0 Å². The first-order chi connectivity index (χ1) is 20.6. The maximum atomic E-state index is 2.58. The summed E-state index contributed by atoms with van der Waals surface area (Å²) in [6.45, 7) is 18.5. The van der Waals surface area contributed by atoms with E-state index in [9.17, 15) is 0 Å². The van der Waals surface area contributed by atoms with Gasteiger partial charge in [0.25, 0.3) is 0 Å². The van der Waals surface area contributed by atoms with E-state index in [2.05, 4.69) is 67.5 Å². The summed E-state index contributed by atoms with van der Waals surface area (Å²) in [6, 6.07) is 5.17. The van der Waals surface area contributed by atoms with Gasteiger partial charge in [-0.2, -0.15) is 56.6 Å². The molecular weight excluding hydrogens is 707 g/mol. The van der Waals surface area contributed by atoms with Gasteiger partial charge in [0.15, 0.2) is 0 Å². The third kappa shape index (κ3) is 18.6. The Morgan fingerprint density at radius 2 is 0.644 bits per heavy atom. The average Bonchev–Trinajstić information content (AvgIpc) is 3.52. The molecule has 0 unspecified atom stereocenters. The Balaban J connectivity index is -0.000000735. The zero-order valence-electron chi connectivity index (χ0n) is 32.6. The van der Waals surface area contributed by atoms with Gasteiger partial charge in [-0.25, -0.2) is 0 Å². The molecule has 260 valence electrons. The van der Waals surface area contributed by atoms with Crippen molar-refractivity contribution >= 4 is 0 Å². The van der Waals surface area contributed by atoms with Crippen LogP contribution in [0, 0.1) is 14.9 Å². The minimum atomic E-state index is 0. The standard InChI is InChI=1S/2C21H37.2CH3.Hf/c2*1-5-9-13-18-17-19(14-10-6-2)21(16-12-8-4)20(18)15-11-7-3;;;/h2*17H,5-16H2,1-4H3;2*1H3;/q4*-1;+4. The third-order valence-corrected chi connectivity index (χ3v) is 9.30. The van der Waals surface area contributed by atoms with Crippen molar-refractivity contribution in [2.24, 2.45) is 0 Å². The fourth-order valence-corrected chi connectivity index (χ4v) is 6.57. The molecule has 0 nitrogen and oxygen atoms in total. The molecule has 0 saturated heterocycles. The van der Waals surface area contributed by atoms with Gasteiger partial charge in [-0.05, 0) is 0 Å². The van der Waals surface area contributed by atoms with Gasteiger partial charge in [0, 0.05) is 0 Å². The van der Waals surface area contributed by atoms with E-state index in [1.165, 1.54) is 154 Å². The molecule has 0 atom stereocenters. The smallest absolute Gasteiger partial charge is 0.358 e. The Labute approximate surface area is 305 Å². The van der Waals surface area contributed by atoms with Gasteiger partial charge >= 0.3 is 25.8 Å². The first-order valence-corrected chi connectivity index (χ1v) is 19.1. The molecule has 0 amide bonds. The summed E-state index contributed by atoms with van der Waals surface area (Å²) in [7, 11) is 0. The fraction of sp³-hybridized carbons (Fsp3) is 0.727. The summed E-state index contributed by atoms with van der Waals surface area (Å²) in [6.07, 6.45) is 31.8. The summed E-state index contributed by atoms with van der Waals surface area (Å²) in [5.74, 6) is 0. The molecule has 0 fully saturated rings. The van der Waals surface area contributed by atoms with Crippen LogP contribution < -0.4 is 0 Å². The van der Waals surface area contributed by atoms with E-state index in [1.807, 2.05) is 0 Å². The van der Waals surface area contributed by atoms with Gasteiger partial charge in [0.1, 0.15) is 0 Å². The molecular formula is C44H80Hf. The summed E-state index contributed by atoms with van der Waals surface area (Å²) in [4.78, 5) is 0. The van der Waals surface area contributed by atoms with E-state index in [-0.39, 0.29) is 40.7 Å². The molecule has 0 saturated carbocycles. The van der Waals surface area contributed by atoms with Gasteiger partial charge in [-0.1, -0.05) is 209 Å². The largest absolute Gasteiger partial charge is 4.00 e. The van der Waals surface area contributed by atoms with Crippen LogP contribution in [0.4, 0.5) is 0 Å². The van der Waals surface area contributed by atoms with Crippen LogP contribution in [0.15, 0.2) is 12.1 Å². The molecule has 0 bridgehead atoms. The average molecular weight is 788 g/mol. The molecule has 0 heterocycles. The first-order valence-electron chi connectivity index (χ1n) is 19.1. The van der Waals surface area contributed by atoms with Crippen molar-refractivity contribution in [1.82, 2.24) is 0 Å². The second-order valence-electron chi connectivity index (χ2n) is 13.1. The van der Waals surface area contributed by atoms with Gasteiger partial charge in [-0.3, -0.25) is 0 Å². The molecule has 0 aromatic heterocycles. The molecule has 45 heavy (non-hydrogen) atoms. The fourth-order valence-electron chi connectivity index (χ4n) is 6.57. The van der Waals surface area contributed by atoms with Crippen LogP contribution in [0.5, 0.6) is 0 Å². The maximum absolute atomic E-state index is 2.58. The van der Waals surface area contributed by atoms with E-state index in [4.69, 9.17) is 0 Å². The molecule has 0 radical (unpaired) electrons. The summed E-state index contributed by atoms with van der Waals surface area (Å²) in [5, 5.41) is 0. The van der Waals surface area contributed by atoms with E-state index in [1.54, 1.807) is 44.5 Å². The van der Waals surface area contributed by atoms with E-state index in [0.29, 0.717) is 0 Å². The normalized spacial score (nSPS) is 10.5. The number of hydrogen-bond acceptors (Lipinski definition) is 0. The number of rotatable bonds is 24. The molecule has 0 aliphatic heterocycles. The minimum absolute atomic E-state index is 0. The maximum Gasteiger partial charge on any atom is 4.00 e. The Morgan fingerprint density at radius 1 is 0.378 bits per heavy atom. The number of aryl methyl sites for hydroxylation is 4. The second kappa shape index (κ2) is 32.1. The summed E-state index contributed by atoms with van der Waals surface area (Å²) < 4.78 is 0. The zero-order chi connectivity index (χ0) is 31.0. The van der Waals surface area contributed by atoms with Gasteiger partial charge in [0.05, 0.1) is 0 Å². The van der Waals surface area contributed by atoms with Gasteiger partial charge in [-0.15, -0.1) is 0 Å². The van der Waals surface area contributed by atoms with Crippen molar-refractivity contribution in [3.8, 4) is 0 Å². The summed E-state index contributed by atoms with van der Waals surface area (Å²) >= 11 is 0. The zero-order valence-corrected chi connectivity index (χ0v) is 36.2. The molecule has 2 aromatic rings. The van der Waals surface area contributed by atoms with Crippen LogP contribution in [0.2, 0.25) is 0 Å². The predicted molar refractivity (Wildman–Crippen MR) is 206 cm³/mol. The summed E-state index contributed by atoms with van der Waals surface area (Å²) in [5.41, 5.74) is 13.8. The van der Waals surface area contributed by atoms with Crippen molar-refractivity contribution in [1.29, 1.82) is 0 Å². The van der Waals surface area contributed by atoms with Gasteiger partial charge in [0.2, 0.25) is 0 Å². The number of unbranched alkanes of at least 4 members (excludes halogenated alkanes) is 8. The molecule has 0 aliphatic carbocycles. The Kier molecular flexibility index (Phi) is 35.0. The third-order valence-electron chi connectivity index (χ3n) is 9.30. The minimum Gasteiger partial charge on any atom is -0.358 e. The Morgan fingerprint density at radius 3 is 0.933 bits per heavy atom. The molecule has 2 rings (SSSR count). The van der Waals surface area contributed by atoms with Crippen molar-refractivity contribution in [3.05, 3.63) is 71.5 Å². The van der Waals surface area contributed by atoms with E-state index < -0.39 is 0 Å². The molecule has 0 N–H and O–H groups in total. The van der Waals surface area contributed by atoms with Crippen molar-refractivity contribution in [2.75, 3.05) is 0 Å². The Bertz CT molecular complexity index is 751. The first kappa shape index (κ1) is 49.0. The predicted octanol–water partition coefficient (Wildman–Crippen LogP) is 14.4. The van der Waals surface area contributed by atoms with Gasteiger partial charge < -0.3 is 14.9 Å². The van der Waals surface area contributed by atoms with Crippen LogP contribution in [-0.4, -0.2) is 0 Å². The number of hydrogen-bond donors (Lipinski definition) is 0. The topological polar surface area (TPSA) is 0 Å².